The molecule has 156 valence electrons. The normalized spacial score (nSPS) is 16.1. The third-order valence-corrected chi connectivity index (χ3v) is 5.30. The third-order valence-electron chi connectivity index (χ3n) is 5.30. The SMILES string of the molecule is O=C1Cc2ccc(C(=O)CCN3CCN(C(=O)OCc4ccccn4)CC3)cc2O1. The molecule has 1 amide bonds. The smallest absolute Gasteiger partial charge is 0.410 e. The second-order valence-electron chi connectivity index (χ2n) is 7.35. The molecule has 2 aliphatic rings. The summed E-state index contributed by atoms with van der Waals surface area (Å²) in [6.45, 7) is 3.27. The molecule has 0 atom stereocenters. The number of hydrogen-bond donors (Lipinski definition) is 0. The largest absolute Gasteiger partial charge is 0.443 e. The van der Waals surface area contributed by atoms with Crippen molar-refractivity contribution < 1.29 is 23.9 Å². The average molecular weight is 409 g/mol. The topological polar surface area (TPSA) is 89.0 Å². The van der Waals surface area contributed by atoms with Crippen LogP contribution in [0.5, 0.6) is 5.75 Å². The zero-order valence-electron chi connectivity index (χ0n) is 16.6. The molecule has 8 heteroatoms. The van der Waals surface area contributed by atoms with E-state index in [4.69, 9.17) is 9.47 Å². The van der Waals surface area contributed by atoms with Gasteiger partial charge in [0.1, 0.15) is 12.4 Å². The summed E-state index contributed by atoms with van der Waals surface area (Å²) in [5.41, 5.74) is 2.09. The number of rotatable bonds is 6. The van der Waals surface area contributed by atoms with Crippen molar-refractivity contribution in [1.82, 2.24) is 14.8 Å². The van der Waals surface area contributed by atoms with E-state index in [2.05, 4.69) is 9.88 Å². The minimum atomic E-state index is -0.343. The molecule has 4 rings (SSSR count). The van der Waals surface area contributed by atoms with E-state index >= 15 is 0 Å². The van der Waals surface area contributed by atoms with Gasteiger partial charge >= 0.3 is 12.1 Å². The summed E-state index contributed by atoms with van der Waals surface area (Å²) in [7, 11) is 0. The van der Waals surface area contributed by atoms with Gasteiger partial charge in [-0.1, -0.05) is 18.2 Å². The fraction of sp³-hybridized carbons (Fsp3) is 0.364. The minimum Gasteiger partial charge on any atom is -0.443 e. The van der Waals surface area contributed by atoms with Gasteiger partial charge in [0.05, 0.1) is 12.1 Å². The van der Waals surface area contributed by atoms with Crippen LogP contribution in [0.4, 0.5) is 4.79 Å². The second-order valence-corrected chi connectivity index (χ2v) is 7.35. The molecule has 8 nitrogen and oxygen atoms in total. The Balaban J connectivity index is 1.19. The molecule has 0 saturated carbocycles. The summed E-state index contributed by atoms with van der Waals surface area (Å²) in [6, 6.07) is 10.7. The number of amides is 1. The van der Waals surface area contributed by atoms with E-state index in [9.17, 15) is 14.4 Å². The van der Waals surface area contributed by atoms with Crippen LogP contribution >= 0.6 is 0 Å². The number of Topliss-reactive ketones (excluding diaryl/α,β-unsaturated/α-hetero) is 1. The van der Waals surface area contributed by atoms with E-state index in [1.807, 2.05) is 18.2 Å². The molecule has 2 aliphatic heterocycles. The molecule has 0 N–H and O–H groups in total. The van der Waals surface area contributed by atoms with Crippen LogP contribution in [0.2, 0.25) is 0 Å². The Morgan fingerprint density at radius 2 is 1.93 bits per heavy atom. The zero-order chi connectivity index (χ0) is 20.9. The van der Waals surface area contributed by atoms with Crippen LogP contribution in [-0.2, 0) is 22.6 Å². The summed E-state index contributed by atoms with van der Waals surface area (Å²) >= 11 is 0. The lowest BCUT2D eigenvalue weighted by molar-refractivity contribution is -0.131. The van der Waals surface area contributed by atoms with Crippen LogP contribution in [0.15, 0.2) is 42.6 Å². The molecule has 0 bridgehead atoms. The van der Waals surface area contributed by atoms with Crippen LogP contribution < -0.4 is 4.74 Å². The molecule has 0 aliphatic carbocycles. The molecule has 0 unspecified atom stereocenters. The summed E-state index contributed by atoms with van der Waals surface area (Å²) in [4.78, 5) is 44.0. The van der Waals surface area contributed by atoms with Crippen molar-refractivity contribution in [1.29, 1.82) is 0 Å². The summed E-state index contributed by atoms with van der Waals surface area (Å²) < 4.78 is 10.4. The highest BCUT2D eigenvalue weighted by molar-refractivity contribution is 5.97. The number of hydrogen-bond acceptors (Lipinski definition) is 7. The maximum Gasteiger partial charge on any atom is 0.410 e. The Labute approximate surface area is 174 Å². The molecule has 0 spiro atoms. The molecule has 2 aromatic rings. The van der Waals surface area contributed by atoms with Gasteiger partial charge < -0.3 is 14.4 Å². The number of carbonyl (C=O) groups excluding carboxylic acids is 3. The first-order chi connectivity index (χ1) is 14.6. The van der Waals surface area contributed by atoms with Crippen molar-refractivity contribution in [2.24, 2.45) is 0 Å². The Bertz CT molecular complexity index is 939. The number of fused-ring (bicyclic) bond motifs is 1. The maximum absolute atomic E-state index is 12.5. The molecule has 1 fully saturated rings. The number of nitrogens with zero attached hydrogens (tertiary/aromatic N) is 3. The fourth-order valence-electron chi connectivity index (χ4n) is 3.55. The Hall–Kier alpha value is -3.26. The number of carbonyl (C=O) groups is 3. The maximum atomic E-state index is 12.5. The Morgan fingerprint density at radius 1 is 1.10 bits per heavy atom. The highest BCUT2D eigenvalue weighted by Crippen LogP contribution is 2.27. The Morgan fingerprint density at radius 3 is 2.70 bits per heavy atom. The van der Waals surface area contributed by atoms with Crippen molar-refractivity contribution in [3.8, 4) is 5.75 Å². The molecule has 1 aromatic heterocycles. The number of ether oxygens (including phenoxy) is 2. The van der Waals surface area contributed by atoms with Crippen molar-refractivity contribution in [2.45, 2.75) is 19.4 Å². The first kappa shape index (κ1) is 20.0. The number of pyridine rings is 1. The van der Waals surface area contributed by atoms with Gasteiger partial charge in [0.2, 0.25) is 0 Å². The number of ketones is 1. The van der Waals surface area contributed by atoms with E-state index in [0.717, 1.165) is 5.56 Å². The summed E-state index contributed by atoms with van der Waals surface area (Å²) in [6.07, 6.45) is 1.96. The fourth-order valence-corrected chi connectivity index (χ4v) is 3.55. The highest BCUT2D eigenvalue weighted by atomic mass is 16.6. The zero-order valence-corrected chi connectivity index (χ0v) is 16.6. The van der Waals surface area contributed by atoms with Gasteiger partial charge in [0.15, 0.2) is 5.78 Å². The molecule has 3 heterocycles. The van der Waals surface area contributed by atoms with Crippen LogP contribution in [0, 0.1) is 0 Å². The number of aromatic nitrogens is 1. The summed E-state index contributed by atoms with van der Waals surface area (Å²) in [5, 5.41) is 0. The molecule has 1 aromatic carbocycles. The van der Waals surface area contributed by atoms with E-state index in [-0.39, 0.29) is 30.9 Å². The van der Waals surface area contributed by atoms with Crippen molar-refractivity contribution >= 4 is 17.8 Å². The number of benzene rings is 1. The third kappa shape index (κ3) is 4.83. The van der Waals surface area contributed by atoms with Crippen LogP contribution in [0.3, 0.4) is 0 Å². The van der Waals surface area contributed by atoms with Crippen molar-refractivity contribution in [2.75, 3.05) is 32.7 Å². The average Bonchev–Trinajstić information content (AvgIpc) is 3.16. The monoisotopic (exact) mass is 409 g/mol. The van der Waals surface area contributed by atoms with Gasteiger partial charge in [-0.25, -0.2) is 4.79 Å². The van der Waals surface area contributed by atoms with E-state index in [1.165, 1.54) is 0 Å². The molecular weight excluding hydrogens is 386 g/mol. The standard InChI is InChI=1S/C22H23N3O5/c26-19(16-4-5-17-14-21(27)30-20(17)13-16)6-8-24-9-11-25(12-10-24)22(28)29-15-18-3-1-2-7-23-18/h1-5,7,13H,6,8-12,14-15H2. The quantitative estimate of drug-likeness (QED) is 0.410. The molecule has 0 radical (unpaired) electrons. The van der Waals surface area contributed by atoms with Crippen LogP contribution in [0.1, 0.15) is 28.0 Å². The predicted octanol–water partition coefficient (Wildman–Crippen LogP) is 2.07. The van der Waals surface area contributed by atoms with Crippen molar-refractivity contribution in [3.63, 3.8) is 0 Å². The van der Waals surface area contributed by atoms with Crippen LogP contribution in [0.25, 0.3) is 0 Å². The lowest BCUT2D eigenvalue weighted by atomic mass is 10.0. The van der Waals surface area contributed by atoms with Gasteiger partial charge in [-0.2, -0.15) is 0 Å². The van der Waals surface area contributed by atoms with Gasteiger partial charge in [0, 0.05) is 56.5 Å². The van der Waals surface area contributed by atoms with E-state index < -0.39 is 0 Å². The van der Waals surface area contributed by atoms with Gasteiger partial charge in [-0.05, 0) is 18.2 Å². The molecule has 30 heavy (non-hydrogen) atoms. The first-order valence-electron chi connectivity index (χ1n) is 9.99. The van der Waals surface area contributed by atoms with E-state index in [1.54, 1.807) is 29.3 Å². The number of esters is 1. The lowest BCUT2D eigenvalue weighted by Crippen LogP contribution is -2.49. The van der Waals surface area contributed by atoms with Crippen LogP contribution in [-0.4, -0.2) is 65.4 Å². The lowest BCUT2D eigenvalue weighted by Gasteiger charge is -2.33. The van der Waals surface area contributed by atoms with E-state index in [0.29, 0.717) is 56.2 Å². The number of piperazine rings is 1. The summed E-state index contributed by atoms with van der Waals surface area (Å²) in [5.74, 6) is 0.215. The molecular formula is C22H23N3O5. The minimum absolute atomic E-state index is 0.0120. The highest BCUT2D eigenvalue weighted by Gasteiger charge is 2.24. The van der Waals surface area contributed by atoms with Crippen molar-refractivity contribution in [3.05, 3.63) is 59.4 Å². The second kappa shape index (κ2) is 9.04. The molecule has 1 saturated heterocycles. The Kier molecular flexibility index (Phi) is 6.04. The first-order valence-corrected chi connectivity index (χ1v) is 9.99. The predicted molar refractivity (Wildman–Crippen MR) is 107 cm³/mol. The van der Waals surface area contributed by atoms with Gasteiger partial charge in [-0.15, -0.1) is 0 Å². The van der Waals surface area contributed by atoms with Gasteiger partial charge in [-0.3, -0.25) is 19.5 Å². The van der Waals surface area contributed by atoms with Gasteiger partial charge in [0.25, 0.3) is 0 Å².